The van der Waals surface area contributed by atoms with Gasteiger partial charge in [-0.1, -0.05) is 12.8 Å². The first-order valence-electron chi connectivity index (χ1n) is 3.73. The molecule has 0 radical (unpaired) electrons. The van der Waals surface area contributed by atoms with E-state index in [4.69, 9.17) is 11.2 Å². The van der Waals surface area contributed by atoms with E-state index in [2.05, 4.69) is 5.92 Å². The molecule has 0 saturated carbocycles. The van der Waals surface area contributed by atoms with E-state index in [0.717, 1.165) is 17.2 Å². The summed E-state index contributed by atoms with van der Waals surface area (Å²) in [6.07, 6.45) is 7.60. The first kappa shape index (κ1) is 8.89. The monoisotopic (exact) mass is 178 g/mol. The summed E-state index contributed by atoms with van der Waals surface area (Å²) in [5.41, 5.74) is 0. The van der Waals surface area contributed by atoms with Gasteiger partial charge < -0.3 is 4.74 Å². The lowest BCUT2D eigenvalue weighted by atomic mass is 10.3. The highest BCUT2D eigenvalue weighted by atomic mass is 32.1. The van der Waals surface area contributed by atoms with Gasteiger partial charge in [0, 0.05) is 12.5 Å². The highest BCUT2D eigenvalue weighted by Gasteiger charge is 1.97. The molecule has 0 fully saturated rings. The van der Waals surface area contributed by atoms with Gasteiger partial charge in [-0.2, -0.15) is 0 Å². The molecule has 62 valence electrons. The van der Waals surface area contributed by atoms with E-state index in [9.17, 15) is 0 Å². The van der Waals surface area contributed by atoms with Gasteiger partial charge in [0.1, 0.15) is 5.76 Å². The van der Waals surface area contributed by atoms with Gasteiger partial charge in [0.25, 0.3) is 0 Å². The number of ether oxygens (including phenoxy) is 1. The molecule has 0 aliphatic carbocycles. The van der Waals surface area contributed by atoms with Crippen LogP contribution in [0.1, 0.15) is 13.3 Å². The standard InChI is InChI=1S/C10H10OS/c1-3-6-9(4-2)11-10-7-5-8-12-10/h1,5-8H,4H2,2H3. The zero-order valence-electron chi connectivity index (χ0n) is 6.91. The summed E-state index contributed by atoms with van der Waals surface area (Å²) < 4.78 is 5.48. The summed E-state index contributed by atoms with van der Waals surface area (Å²) in [5, 5.41) is 2.86. The summed E-state index contributed by atoms with van der Waals surface area (Å²) in [6.45, 7) is 2.01. The summed E-state index contributed by atoms with van der Waals surface area (Å²) in [6, 6.07) is 3.87. The second-order valence-corrected chi connectivity index (χ2v) is 3.08. The molecule has 0 unspecified atom stereocenters. The van der Waals surface area contributed by atoms with E-state index in [-0.39, 0.29) is 0 Å². The number of rotatable bonds is 3. The largest absolute Gasteiger partial charge is 0.450 e. The summed E-state index contributed by atoms with van der Waals surface area (Å²) in [4.78, 5) is 0. The van der Waals surface area contributed by atoms with Gasteiger partial charge in [-0.15, -0.1) is 17.8 Å². The minimum Gasteiger partial charge on any atom is -0.450 e. The molecule has 0 N–H and O–H groups in total. The van der Waals surface area contributed by atoms with Crippen LogP contribution in [-0.4, -0.2) is 0 Å². The van der Waals surface area contributed by atoms with Gasteiger partial charge in [0.05, 0.1) is 0 Å². The fourth-order valence-corrected chi connectivity index (χ4v) is 1.35. The van der Waals surface area contributed by atoms with Crippen LogP contribution in [-0.2, 0) is 0 Å². The van der Waals surface area contributed by atoms with E-state index >= 15 is 0 Å². The highest BCUT2D eigenvalue weighted by molar-refractivity contribution is 7.11. The topological polar surface area (TPSA) is 9.23 Å². The summed E-state index contributed by atoms with van der Waals surface area (Å²) >= 11 is 1.56. The van der Waals surface area contributed by atoms with Crippen molar-refractivity contribution in [1.29, 1.82) is 0 Å². The van der Waals surface area contributed by atoms with Crippen LogP contribution in [0.25, 0.3) is 0 Å². The zero-order chi connectivity index (χ0) is 8.81. The normalized spacial score (nSPS) is 10.8. The zero-order valence-corrected chi connectivity index (χ0v) is 7.73. The van der Waals surface area contributed by atoms with Crippen LogP contribution in [0, 0.1) is 12.3 Å². The van der Waals surface area contributed by atoms with Gasteiger partial charge in [-0.25, -0.2) is 0 Å². The Morgan fingerprint density at radius 2 is 2.67 bits per heavy atom. The van der Waals surface area contributed by atoms with Crippen LogP contribution in [0.2, 0.25) is 0 Å². The minimum absolute atomic E-state index is 0.822. The molecule has 1 rings (SSSR count). The third-order valence-corrected chi connectivity index (χ3v) is 2.06. The first-order chi connectivity index (χ1) is 5.86. The average Bonchev–Trinajstić information content (AvgIpc) is 2.56. The molecule has 1 nitrogen and oxygen atoms in total. The van der Waals surface area contributed by atoms with Crippen molar-refractivity contribution in [3.05, 3.63) is 29.3 Å². The number of hydrogen-bond acceptors (Lipinski definition) is 2. The molecular formula is C10H10OS. The van der Waals surface area contributed by atoms with E-state index in [1.807, 2.05) is 24.4 Å². The Balaban J connectivity index is 2.62. The van der Waals surface area contributed by atoms with E-state index in [0.29, 0.717) is 0 Å². The Bertz CT molecular complexity index is 290. The van der Waals surface area contributed by atoms with Gasteiger partial charge >= 0.3 is 0 Å². The Kier molecular flexibility index (Phi) is 3.43. The average molecular weight is 178 g/mol. The van der Waals surface area contributed by atoms with Gasteiger partial charge in [-0.3, -0.25) is 0 Å². The molecule has 1 aromatic heterocycles. The van der Waals surface area contributed by atoms with Crippen molar-refractivity contribution in [2.24, 2.45) is 0 Å². The molecule has 1 aromatic rings. The Hall–Kier alpha value is -1.20. The van der Waals surface area contributed by atoms with Crippen molar-refractivity contribution in [2.75, 3.05) is 0 Å². The molecule has 0 aliphatic heterocycles. The van der Waals surface area contributed by atoms with Crippen molar-refractivity contribution < 1.29 is 4.74 Å². The molecule has 0 atom stereocenters. The van der Waals surface area contributed by atoms with Gasteiger partial charge in [0.2, 0.25) is 0 Å². The van der Waals surface area contributed by atoms with Crippen molar-refractivity contribution in [3.63, 3.8) is 0 Å². The first-order valence-corrected chi connectivity index (χ1v) is 4.61. The maximum absolute atomic E-state index is 5.48. The maximum atomic E-state index is 5.48. The van der Waals surface area contributed by atoms with E-state index in [1.165, 1.54) is 0 Å². The smallest absolute Gasteiger partial charge is 0.180 e. The Morgan fingerprint density at radius 3 is 3.17 bits per heavy atom. The van der Waals surface area contributed by atoms with Crippen LogP contribution in [0.5, 0.6) is 5.06 Å². The molecule has 0 amide bonds. The maximum Gasteiger partial charge on any atom is 0.180 e. The molecule has 0 saturated heterocycles. The molecule has 1 heterocycles. The van der Waals surface area contributed by atoms with Crippen molar-refractivity contribution >= 4 is 11.3 Å². The molecule has 0 aromatic carbocycles. The summed E-state index contributed by atoms with van der Waals surface area (Å²) in [5.74, 6) is 3.28. The lowest BCUT2D eigenvalue weighted by Crippen LogP contribution is -1.90. The molecule has 12 heavy (non-hydrogen) atoms. The van der Waals surface area contributed by atoms with Crippen LogP contribution in [0.3, 0.4) is 0 Å². The second kappa shape index (κ2) is 4.63. The minimum atomic E-state index is 0.822. The number of hydrogen-bond donors (Lipinski definition) is 0. The lowest BCUT2D eigenvalue weighted by Gasteiger charge is -2.02. The predicted molar refractivity (Wildman–Crippen MR) is 52.2 cm³/mol. The van der Waals surface area contributed by atoms with Crippen LogP contribution in [0.4, 0.5) is 0 Å². The van der Waals surface area contributed by atoms with Crippen LogP contribution >= 0.6 is 11.3 Å². The number of terminal acetylenes is 1. The van der Waals surface area contributed by atoms with Crippen LogP contribution in [0.15, 0.2) is 29.3 Å². The SMILES string of the molecule is C#CC=C(CC)Oc1cccs1. The summed E-state index contributed by atoms with van der Waals surface area (Å²) in [7, 11) is 0. The highest BCUT2D eigenvalue weighted by Crippen LogP contribution is 2.21. The van der Waals surface area contributed by atoms with Crippen molar-refractivity contribution in [2.45, 2.75) is 13.3 Å². The van der Waals surface area contributed by atoms with E-state index < -0.39 is 0 Å². The number of allylic oxidation sites excluding steroid dienone is 2. The van der Waals surface area contributed by atoms with E-state index in [1.54, 1.807) is 17.4 Å². The second-order valence-electron chi connectivity index (χ2n) is 2.17. The fourth-order valence-electron chi connectivity index (χ4n) is 0.747. The fraction of sp³-hybridized carbons (Fsp3) is 0.200. The van der Waals surface area contributed by atoms with Crippen molar-refractivity contribution in [3.8, 4) is 17.4 Å². The molecule has 0 bridgehead atoms. The van der Waals surface area contributed by atoms with Crippen molar-refractivity contribution in [1.82, 2.24) is 0 Å². The Morgan fingerprint density at radius 1 is 1.83 bits per heavy atom. The van der Waals surface area contributed by atoms with Gasteiger partial charge in [0.15, 0.2) is 5.06 Å². The molecule has 2 heteroatoms. The molecule has 0 spiro atoms. The third kappa shape index (κ3) is 2.44. The third-order valence-electron chi connectivity index (χ3n) is 1.32. The quantitative estimate of drug-likeness (QED) is 0.510. The predicted octanol–water partition coefficient (Wildman–Crippen LogP) is 3.05. The lowest BCUT2D eigenvalue weighted by molar-refractivity contribution is 0.421. The van der Waals surface area contributed by atoms with Crippen LogP contribution < -0.4 is 4.74 Å². The number of thiophene rings is 1. The van der Waals surface area contributed by atoms with Gasteiger partial charge in [-0.05, 0) is 17.5 Å². The Labute approximate surface area is 76.7 Å². The molecular weight excluding hydrogens is 168 g/mol. The molecule has 0 aliphatic rings.